The predicted octanol–water partition coefficient (Wildman–Crippen LogP) is 3.55. The van der Waals surface area contributed by atoms with Crippen LogP contribution in [0.2, 0.25) is 0 Å². The minimum absolute atomic E-state index is 0.0284. The van der Waals surface area contributed by atoms with E-state index in [-0.39, 0.29) is 11.3 Å². The van der Waals surface area contributed by atoms with Crippen molar-refractivity contribution in [3.8, 4) is 5.75 Å². The van der Waals surface area contributed by atoms with Crippen molar-refractivity contribution in [2.24, 2.45) is 5.41 Å². The van der Waals surface area contributed by atoms with Crippen LogP contribution < -0.4 is 10.1 Å². The molecule has 1 unspecified atom stereocenters. The van der Waals surface area contributed by atoms with Crippen LogP contribution in [0.25, 0.3) is 0 Å². The summed E-state index contributed by atoms with van der Waals surface area (Å²) in [5, 5.41) is 3.23. The van der Waals surface area contributed by atoms with E-state index in [0.717, 1.165) is 57.7 Å². The van der Waals surface area contributed by atoms with Crippen molar-refractivity contribution in [2.75, 3.05) is 19.8 Å². The SMILES string of the molecule is CCCCOc1ccc(C(=O)NC2CCC23CCOCC3)cc1. The Morgan fingerprint density at radius 3 is 2.61 bits per heavy atom. The van der Waals surface area contributed by atoms with Crippen LogP contribution in [0.5, 0.6) is 5.75 Å². The highest BCUT2D eigenvalue weighted by molar-refractivity contribution is 5.94. The Labute approximate surface area is 138 Å². The molecule has 1 atom stereocenters. The van der Waals surface area contributed by atoms with Gasteiger partial charge in [0.05, 0.1) is 6.61 Å². The van der Waals surface area contributed by atoms with Gasteiger partial charge in [0.1, 0.15) is 5.75 Å². The number of benzene rings is 1. The lowest BCUT2D eigenvalue weighted by Gasteiger charge is -2.52. The third kappa shape index (κ3) is 3.69. The average molecular weight is 317 g/mol. The van der Waals surface area contributed by atoms with Crippen LogP contribution in [-0.4, -0.2) is 31.8 Å². The summed E-state index contributed by atoms with van der Waals surface area (Å²) in [6.45, 7) is 4.53. The van der Waals surface area contributed by atoms with Crippen molar-refractivity contribution in [1.29, 1.82) is 0 Å². The number of hydrogen-bond donors (Lipinski definition) is 1. The Bertz CT molecular complexity index is 520. The summed E-state index contributed by atoms with van der Waals surface area (Å²) in [7, 11) is 0. The third-order valence-corrected chi connectivity index (χ3v) is 5.35. The minimum atomic E-state index is 0.0284. The lowest BCUT2D eigenvalue weighted by molar-refractivity contribution is -0.0523. The molecule has 2 fully saturated rings. The van der Waals surface area contributed by atoms with Crippen LogP contribution in [0.3, 0.4) is 0 Å². The number of carbonyl (C=O) groups is 1. The maximum Gasteiger partial charge on any atom is 0.251 e. The maximum atomic E-state index is 12.5. The zero-order chi connectivity index (χ0) is 16.1. The highest BCUT2D eigenvalue weighted by Gasteiger charge is 2.47. The Morgan fingerprint density at radius 1 is 1.26 bits per heavy atom. The monoisotopic (exact) mass is 317 g/mol. The first-order valence-electron chi connectivity index (χ1n) is 8.85. The zero-order valence-corrected chi connectivity index (χ0v) is 14.0. The topological polar surface area (TPSA) is 47.6 Å². The summed E-state index contributed by atoms with van der Waals surface area (Å²) in [5.41, 5.74) is 0.999. The quantitative estimate of drug-likeness (QED) is 0.816. The highest BCUT2D eigenvalue weighted by Crippen LogP contribution is 2.48. The van der Waals surface area contributed by atoms with Crippen molar-refractivity contribution in [3.63, 3.8) is 0 Å². The largest absolute Gasteiger partial charge is 0.494 e. The van der Waals surface area contributed by atoms with Gasteiger partial charge < -0.3 is 14.8 Å². The highest BCUT2D eigenvalue weighted by atomic mass is 16.5. The molecular formula is C19H27NO3. The van der Waals surface area contributed by atoms with Crippen molar-refractivity contribution < 1.29 is 14.3 Å². The third-order valence-electron chi connectivity index (χ3n) is 5.35. The van der Waals surface area contributed by atoms with E-state index in [0.29, 0.717) is 11.6 Å². The summed E-state index contributed by atoms with van der Waals surface area (Å²) in [6, 6.07) is 7.78. The van der Waals surface area contributed by atoms with Crippen LogP contribution in [0, 0.1) is 5.41 Å². The Hall–Kier alpha value is -1.55. The molecule has 23 heavy (non-hydrogen) atoms. The van der Waals surface area contributed by atoms with Gasteiger partial charge in [-0.25, -0.2) is 0 Å². The van der Waals surface area contributed by atoms with Gasteiger partial charge in [-0.3, -0.25) is 4.79 Å². The zero-order valence-electron chi connectivity index (χ0n) is 14.0. The van der Waals surface area contributed by atoms with Crippen LogP contribution in [0.1, 0.15) is 55.8 Å². The molecule has 0 radical (unpaired) electrons. The molecule has 1 amide bonds. The fraction of sp³-hybridized carbons (Fsp3) is 0.632. The van der Waals surface area contributed by atoms with E-state index < -0.39 is 0 Å². The van der Waals surface area contributed by atoms with Crippen LogP contribution in [-0.2, 0) is 4.74 Å². The lowest BCUT2D eigenvalue weighted by Crippen LogP contribution is -2.57. The number of hydrogen-bond acceptors (Lipinski definition) is 3. The number of carbonyl (C=O) groups excluding carboxylic acids is 1. The Morgan fingerprint density at radius 2 is 2.00 bits per heavy atom. The minimum Gasteiger partial charge on any atom is -0.494 e. The van der Waals surface area contributed by atoms with Crippen molar-refractivity contribution >= 4 is 5.91 Å². The number of nitrogens with one attached hydrogen (secondary N) is 1. The molecule has 1 spiro atoms. The summed E-state index contributed by atoms with van der Waals surface area (Å²) in [4.78, 5) is 12.5. The van der Waals surface area contributed by atoms with Crippen LogP contribution in [0.15, 0.2) is 24.3 Å². The van der Waals surface area contributed by atoms with Gasteiger partial charge in [0, 0.05) is 24.8 Å². The number of ether oxygens (including phenoxy) is 2. The van der Waals surface area contributed by atoms with E-state index in [4.69, 9.17) is 9.47 Å². The molecule has 1 aliphatic carbocycles. The second-order valence-electron chi connectivity index (χ2n) is 6.77. The molecule has 1 saturated heterocycles. The van der Waals surface area contributed by atoms with E-state index in [1.165, 1.54) is 6.42 Å². The standard InChI is InChI=1S/C19H27NO3/c1-2-3-12-23-16-6-4-15(5-7-16)18(21)20-17-8-9-19(17)10-13-22-14-11-19/h4-7,17H,2-3,8-14H2,1H3,(H,20,21). The second kappa shape index (κ2) is 7.35. The normalized spacial score (nSPS) is 22.4. The fourth-order valence-electron chi connectivity index (χ4n) is 3.58. The van der Waals surface area contributed by atoms with Gasteiger partial charge >= 0.3 is 0 Å². The molecule has 1 heterocycles. The van der Waals surface area contributed by atoms with Gasteiger partial charge in [0.25, 0.3) is 5.91 Å². The maximum absolute atomic E-state index is 12.5. The first-order valence-corrected chi connectivity index (χ1v) is 8.85. The summed E-state index contributed by atoms with van der Waals surface area (Å²) < 4.78 is 11.1. The summed E-state index contributed by atoms with van der Waals surface area (Å²) in [5.74, 6) is 0.861. The smallest absolute Gasteiger partial charge is 0.251 e. The van der Waals surface area contributed by atoms with E-state index >= 15 is 0 Å². The van der Waals surface area contributed by atoms with E-state index in [1.54, 1.807) is 0 Å². The Kier molecular flexibility index (Phi) is 5.21. The molecule has 1 saturated carbocycles. The molecular weight excluding hydrogens is 290 g/mol. The molecule has 1 aliphatic heterocycles. The van der Waals surface area contributed by atoms with Crippen molar-refractivity contribution in [2.45, 2.75) is 51.5 Å². The molecule has 1 N–H and O–H groups in total. The molecule has 126 valence electrons. The van der Waals surface area contributed by atoms with Crippen LogP contribution in [0.4, 0.5) is 0 Å². The van der Waals surface area contributed by atoms with Gasteiger partial charge in [-0.1, -0.05) is 13.3 Å². The molecule has 4 nitrogen and oxygen atoms in total. The molecule has 2 aliphatic rings. The van der Waals surface area contributed by atoms with Gasteiger partial charge in [-0.05, 0) is 61.8 Å². The van der Waals surface area contributed by atoms with Crippen molar-refractivity contribution in [3.05, 3.63) is 29.8 Å². The molecule has 1 aromatic rings. The van der Waals surface area contributed by atoms with E-state index in [9.17, 15) is 4.79 Å². The second-order valence-corrected chi connectivity index (χ2v) is 6.77. The molecule has 4 heteroatoms. The first kappa shape index (κ1) is 16.3. The van der Waals surface area contributed by atoms with E-state index in [2.05, 4.69) is 12.2 Å². The molecule has 0 aromatic heterocycles. The fourth-order valence-corrected chi connectivity index (χ4v) is 3.58. The molecule has 0 bridgehead atoms. The van der Waals surface area contributed by atoms with Crippen molar-refractivity contribution in [1.82, 2.24) is 5.32 Å². The summed E-state index contributed by atoms with van der Waals surface area (Å²) >= 11 is 0. The van der Waals surface area contributed by atoms with Crippen LogP contribution >= 0.6 is 0 Å². The van der Waals surface area contributed by atoms with Gasteiger partial charge in [0.2, 0.25) is 0 Å². The van der Waals surface area contributed by atoms with Gasteiger partial charge in [-0.2, -0.15) is 0 Å². The Balaban J connectivity index is 1.54. The number of rotatable bonds is 6. The molecule has 1 aromatic carbocycles. The lowest BCUT2D eigenvalue weighted by atomic mass is 9.60. The van der Waals surface area contributed by atoms with Gasteiger partial charge in [0.15, 0.2) is 0 Å². The number of amides is 1. The number of unbranched alkanes of at least 4 members (excludes halogenated alkanes) is 1. The predicted molar refractivity (Wildman–Crippen MR) is 89.8 cm³/mol. The van der Waals surface area contributed by atoms with E-state index in [1.807, 2.05) is 24.3 Å². The molecule has 3 rings (SSSR count). The summed E-state index contributed by atoms with van der Waals surface area (Å²) in [6.07, 6.45) is 6.62. The average Bonchev–Trinajstić information content (AvgIpc) is 2.60. The first-order chi connectivity index (χ1) is 11.2. The van der Waals surface area contributed by atoms with Gasteiger partial charge in [-0.15, -0.1) is 0 Å².